The van der Waals surface area contributed by atoms with Crippen molar-refractivity contribution in [3.05, 3.63) is 0 Å². The lowest BCUT2D eigenvalue weighted by Crippen LogP contribution is -2.26. The highest BCUT2D eigenvalue weighted by Gasteiger charge is 2.14. The minimum Gasteiger partial charge on any atom is -0.379 e. The lowest BCUT2D eigenvalue weighted by Gasteiger charge is -2.15. The quantitative estimate of drug-likeness (QED) is 0.599. The van der Waals surface area contributed by atoms with Crippen LogP contribution < -0.4 is 5.32 Å². The fraction of sp³-hybridized carbons (Fsp3) is 0.917. The molecule has 0 aromatic carbocycles. The third-order valence-corrected chi connectivity index (χ3v) is 2.34. The van der Waals surface area contributed by atoms with Gasteiger partial charge in [-0.15, -0.1) is 0 Å². The van der Waals surface area contributed by atoms with E-state index >= 15 is 0 Å². The van der Waals surface area contributed by atoms with E-state index in [-0.39, 0.29) is 5.41 Å². The summed E-state index contributed by atoms with van der Waals surface area (Å²) in [5, 5.41) is 12.1. The van der Waals surface area contributed by atoms with E-state index in [0.29, 0.717) is 0 Å². The zero-order valence-corrected chi connectivity index (χ0v) is 11.0. The van der Waals surface area contributed by atoms with Gasteiger partial charge < -0.3 is 15.0 Å². The topological polar surface area (TPSA) is 48.3 Å². The molecule has 0 spiro atoms. The summed E-state index contributed by atoms with van der Waals surface area (Å²) in [6, 6.07) is 2.29. The molecule has 94 valence electrons. The first kappa shape index (κ1) is 15.4. The first-order valence-corrected chi connectivity index (χ1v) is 5.82. The van der Waals surface area contributed by atoms with E-state index in [1.54, 1.807) is 0 Å². The van der Waals surface area contributed by atoms with Crippen LogP contribution >= 0.6 is 0 Å². The number of rotatable bonds is 9. The summed E-state index contributed by atoms with van der Waals surface area (Å²) >= 11 is 0. The largest absolute Gasteiger partial charge is 0.379 e. The first-order valence-electron chi connectivity index (χ1n) is 5.82. The number of ether oxygens (including phenoxy) is 1. The van der Waals surface area contributed by atoms with Gasteiger partial charge in [0.25, 0.3) is 0 Å². The van der Waals surface area contributed by atoms with Gasteiger partial charge in [0.1, 0.15) is 0 Å². The number of hydrogen-bond acceptors (Lipinski definition) is 4. The predicted octanol–water partition coefficient (Wildman–Crippen LogP) is 1.09. The molecule has 0 amide bonds. The van der Waals surface area contributed by atoms with Crippen molar-refractivity contribution in [1.82, 2.24) is 10.2 Å². The van der Waals surface area contributed by atoms with Crippen LogP contribution in [-0.4, -0.2) is 51.8 Å². The van der Waals surface area contributed by atoms with E-state index in [4.69, 9.17) is 10.00 Å². The number of nitrogens with one attached hydrogen (secondary N) is 1. The van der Waals surface area contributed by atoms with Crippen LogP contribution in [0.2, 0.25) is 0 Å². The maximum atomic E-state index is 8.81. The molecule has 0 unspecified atom stereocenters. The molecule has 0 aliphatic heterocycles. The van der Waals surface area contributed by atoms with E-state index in [9.17, 15) is 0 Å². The number of hydrogen-bond donors (Lipinski definition) is 1. The third kappa shape index (κ3) is 9.91. The Bertz CT molecular complexity index is 209. The van der Waals surface area contributed by atoms with Crippen molar-refractivity contribution >= 4 is 0 Å². The van der Waals surface area contributed by atoms with Crippen molar-refractivity contribution in [1.29, 1.82) is 5.26 Å². The van der Waals surface area contributed by atoms with Crippen LogP contribution in [0.4, 0.5) is 0 Å². The summed E-state index contributed by atoms with van der Waals surface area (Å²) in [5.74, 6) is 0. The highest BCUT2D eigenvalue weighted by atomic mass is 16.5. The van der Waals surface area contributed by atoms with Gasteiger partial charge in [-0.1, -0.05) is 0 Å². The molecule has 1 N–H and O–H groups in total. The molecule has 16 heavy (non-hydrogen) atoms. The molecule has 0 saturated carbocycles. The number of nitriles is 1. The SMILES string of the molecule is CN(C)CCOCCNCCC(C)(C)C#N. The van der Waals surface area contributed by atoms with Crippen LogP contribution in [-0.2, 0) is 4.74 Å². The third-order valence-electron chi connectivity index (χ3n) is 2.34. The molecule has 0 aliphatic rings. The second-order valence-electron chi connectivity index (χ2n) is 4.91. The van der Waals surface area contributed by atoms with Gasteiger partial charge in [0, 0.05) is 13.1 Å². The van der Waals surface area contributed by atoms with Crippen LogP contribution in [0.25, 0.3) is 0 Å². The van der Waals surface area contributed by atoms with Gasteiger partial charge in [-0.25, -0.2) is 0 Å². The Morgan fingerprint density at radius 2 is 1.94 bits per heavy atom. The predicted molar refractivity (Wildman–Crippen MR) is 66.3 cm³/mol. The lowest BCUT2D eigenvalue weighted by molar-refractivity contribution is 0.119. The van der Waals surface area contributed by atoms with Crippen LogP contribution in [0, 0.1) is 16.7 Å². The van der Waals surface area contributed by atoms with Crippen LogP contribution in [0.5, 0.6) is 0 Å². The first-order chi connectivity index (χ1) is 7.48. The number of likely N-dealkylation sites (N-methyl/N-ethyl adjacent to an activating group) is 1. The van der Waals surface area contributed by atoms with Gasteiger partial charge in [-0.05, 0) is 40.9 Å². The zero-order chi connectivity index (χ0) is 12.4. The van der Waals surface area contributed by atoms with Gasteiger partial charge in [-0.2, -0.15) is 5.26 Å². The van der Waals surface area contributed by atoms with Crippen molar-refractivity contribution in [2.75, 3.05) is 46.9 Å². The highest BCUT2D eigenvalue weighted by molar-refractivity contribution is 4.91. The highest BCUT2D eigenvalue weighted by Crippen LogP contribution is 2.16. The second-order valence-corrected chi connectivity index (χ2v) is 4.91. The van der Waals surface area contributed by atoms with E-state index in [1.807, 2.05) is 27.9 Å². The molecule has 0 rings (SSSR count). The van der Waals surface area contributed by atoms with E-state index in [1.165, 1.54) is 0 Å². The van der Waals surface area contributed by atoms with Gasteiger partial charge in [0.2, 0.25) is 0 Å². The molecule has 0 bridgehead atoms. The van der Waals surface area contributed by atoms with Gasteiger partial charge in [0.05, 0.1) is 24.7 Å². The van der Waals surface area contributed by atoms with Gasteiger partial charge >= 0.3 is 0 Å². The Hall–Kier alpha value is -0.630. The fourth-order valence-electron chi connectivity index (χ4n) is 1.08. The van der Waals surface area contributed by atoms with Crippen molar-refractivity contribution in [2.45, 2.75) is 20.3 Å². The maximum absolute atomic E-state index is 8.81. The molecule has 0 radical (unpaired) electrons. The minimum atomic E-state index is -0.223. The lowest BCUT2D eigenvalue weighted by atomic mass is 9.92. The molecular formula is C12H25N3O. The summed E-state index contributed by atoms with van der Waals surface area (Å²) in [5.41, 5.74) is -0.223. The van der Waals surface area contributed by atoms with Crippen LogP contribution in [0.15, 0.2) is 0 Å². The summed E-state index contributed by atoms with van der Waals surface area (Å²) in [6.45, 7) is 8.12. The summed E-state index contributed by atoms with van der Waals surface area (Å²) in [6.07, 6.45) is 0.876. The zero-order valence-electron chi connectivity index (χ0n) is 11.0. The van der Waals surface area contributed by atoms with E-state index in [2.05, 4.69) is 16.3 Å². The molecule has 0 aromatic rings. The summed E-state index contributed by atoms with van der Waals surface area (Å²) in [4.78, 5) is 2.10. The van der Waals surface area contributed by atoms with Crippen molar-refractivity contribution in [2.24, 2.45) is 5.41 Å². The van der Waals surface area contributed by atoms with Crippen molar-refractivity contribution < 1.29 is 4.74 Å². The summed E-state index contributed by atoms with van der Waals surface area (Å²) < 4.78 is 5.43. The standard InChI is InChI=1S/C12H25N3O/c1-12(2,11-13)5-6-14-7-9-16-10-8-15(3)4/h14H,5-10H2,1-4H3. The van der Waals surface area contributed by atoms with E-state index < -0.39 is 0 Å². The molecule has 0 saturated heterocycles. The molecule has 0 aromatic heterocycles. The van der Waals surface area contributed by atoms with Gasteiger partial charge in [0.15, 0.2) is 0 Å². The Morgan fingerprint density at radius 1 is 1.25 bits per heavy atom. The average Bonchev–Trinajstić information content (AvgIpc) is 2.21. The smallest absolute Gasteiger partial charge is 0.0684 e. The molecule has 0 heterocycles. The van der Waals surface area contributed by atoms with Crippen molar-refractivity contribution in [3.63, 3.8) is 0 Å². The van der Waals surface area contributed by atoms with E-state index in [0.717, 1.165) is 39.3 Å². The monoisotopic (exact) mass is 227 g/mol. The minimum absolute atomic E-state index is 0.223. The normalized spacial score (nSPS) is 11.8. The molecule has 0 atom stereocenters. The molecule has 0 aliphatic carbocycles. The maximum Gasteiger partial charge on any atom is 0.0684 e. The van der Waals surface area contributed by atoms with Crippen LogP contribution in [0.3, 0.4) is 0 Å². The molecule has 0 fully saturated rings. The molecule has 4 heteroatoms. The summed E-state index contributed by atoms with van der Waals surface area (Å²) in [7, 11) is 4.07. The van der Waals surface area contributed by atoms with Gasteiger partial charge in [-0.3, -0.25) is 0 Å². The van der Waals surface area contributed by atoms with Crippen LogP contribution in [0.1, 0.15) is 20.3 Å². The average molecular weight is 227 g/mol. The Labute approximate surface area is 99.6 Å². The molecular weight excluding hydrogens is 202 g/mol. The Morgan fingerprint density at radius 3 is 2.50 bits per heavy atom. The number of nitrogens with zero attached hydrogens (tertiary/aromatic N) is 2. The Balaban J connectivity index is 3.20. The second kappa shape index (κ2) is 8.51. The fourth-order valence-corrected chi connectivity index (χ4v) is 1.08. The Kier molecular flexibility index (Phi) is 8.18. The van der Waals surface area contributed by atoms with Crippen molar-refractivity contribution in [3.8, 4) is 6.07 Å². The molecule has 4 nitrogen and oxygen atoms in total.